The molecule has 0 unspecified atom stereocenters. The molecule has 0 atom stereocenters. The van der Waals surface area contributed by atoms with E-state index < -0.39 is 21.9 Å². The maximum Gasteiger partial charge on any atom is 0.326 e. The Labute approximate surface area is 218 Å². The van der Waals surface area contributed by atoms with Crippen LogP contribution in [0.25, 0.3) is 10.2 Å². The number of amides is 1. The van der Waals surface area contributed by atoms with Crippen LogP contribution in [-0.4, -0.2) is 38.6 Å². The number of aromatic nitrogens is 1. The van der Waals surface area contributed by atoms with Gasteiger partial charge in [0.1, 0.15) is 17.8 Å². The number of sulfonamides is 1. The number of thiazole rings is 1. The van der Waals surface area contributed by atoms with E-state index >= 15 is 0 Å². The largest absolute Gasteiger partial charge is 0.495 e. The molecule has 192 valence electrons. The summed E-state index contributed by atoms with van der Waals surface area (Å²) >= 11 is 1.20. The predicted octanol–water partition coefficient (Wildman–Crippen LogP) is 4.12. The van der Waals surface area contributed by atoms with Crippen LogP contribution in [0.4, 0.5) is 5.69 Å². The van der Waals surface area contributed by atoms with E-state index in [1.807, 2.05) is 13.0 Å². The number of fused-ring (bicyclic) bond motifs is 1. The Kier molecular flexibility index (Phi) is 7.74. The topological polar surface area (TPSA) is 116 Å². The number of ether oxygens (including phenoxy) is 2. The maximum absolute atomic E-state index is 13.3. The average molecular weight is 540 g/mol. The van der Waals surface area contributed by atoms with Crippen LogP contribution in [-0.2, 0) is 26.1 Å². The molecule has 0 saturated carbocycles. The van der Waals surface area contributed by atoms with Crippen molar-refractivity contribution in [1.82, 2.24) is 4.57 Å². The molecule has 0 spiro atoms. The highest BCUT2D eigenvalue weighted by atomic mass is 32.2. The van der Waals surface area contributed by atoms with Crippen LogP contribution in [0.2, 0.25) is 0 Å². The summed E-state index contributed by atoms with van der Waals surface area (Å²) in [5.41, 5.74) is 1.67. The minimum absolute atomic E-state index is 0.0605. The van der Waals surface area contributed by atoms with Gasteiger partial charge in [-0.3, -0.25) is 14.3 Å². The second-order valence-corrected chi connectivity index (χ2v) is 10.7. The first-order valence-electron chi connectivity index (χ1n) is 11.3. The molecule has 0 aliphatic heterocycles. The number of nitrogens with one attached hydrogen (secondary N) is 1. The molecule has 4 aromatic rings. The van der Waals surface area contributed by atoms with E-state index in [0.29, 0.717) is 11.3 Å². The SMILES string of the molecule is CCOC(=O)Cn1c(=NC(=O)c2ccccc2NS(=O)(=O)c2ccc(C)cc2)sc2cccc(OC)c21. The molecule has 37 heavy (non-hydrogen) atoms. The summed E-state index contributed by atoms with van der Waals surface area (Å²) in [6, 6.07) is 18.0. The molecule has 1 aromatic heterocycles. The number of para-hydroxylation sites is 2. The molecule has 0 aliphatic carbocycles. The molecule has 0 saturated heterocycles. The van der Waals surface area contributed by atoms with Crippen LogP contribution in [0.3, 0.4) is 0 Å². The van der Waals surface area contributed by atoms with Gasteiger partial charge < -0.3 is 14.0 Å². The lowest BCUT2D eigenvalue weighted by Crippen LogP contribution is -2.23. The summed E-state index contributed by atoms with van der Waals surface area (Å²) in [7, 11) is -2.43. The summed E-state index contributed by atoms with van der Waals surface area (Å²) < 4.78 is 41.3. The van der Waals surface area contributed by atoms with E-state index in [9.17, 15) is 18.0 Å². The van der Waals surface area contributed by atoms with E-state index in [0.717, 1.165) is 10.3 Å². The van der Waals surface area contributed by atoms with Gasteiger partial charge in [-0.1, -0.05) is 47.2 Å². The van der Waals surface area contributed by atoms with Crippen molar-refractivity contribution in [1.29, 1.82) is 0 Å². The fraction of sp³-hybridized carbons (Fsp3) is 0.192. The van der Waals surface area contributed by atoms with Crippen molar-refractivity contribution in [3.8, 4) is 5.75 Å². The monoisotopic (exact) mass is 539 g/mol. The van der Waals surface area contributed by atoms with Crippen molar-refractivity contribution < 1.29 is 27.5 Å². The number of nitrogens with zero attached hydrogens (tertiary/aromatic N) is 2. The number of benzene rings is 3. The third-order valence-corrected chi connectivity index (χ3v) is 7.83. The van der Waals surface area contributed by atoms with Gasteiger partial charge in [-0.15, -0.1) is 0 Å². The van der Waals surface area contributed by atoms with Gasteiger partial charge in [0.2, 0.25) is 0 Å². The molecule has 0 bridgehead atoms. The van der Waals surface area contributed by atoms with Gasteiger partial charge in [0, 0.05) is 0 Å². The van der Waals surface area contributed by atoms with Crippen LogP contribution in [0, 0.1) is 6.92 Å². The van der Waals surface area contributed by atoms with Gasteiger partial charge >= 0.3 is 5.97 Å². The molecule has 9 nitrogen and oxygen atoms in total. The first-order chi connectivity index (χ1) is 17.7. The highest BCUT2D eigenvalue weighted by Gasteiger charge is 2.20. The van der Waals surface area contributed by atoms with Crippen molar-refractivity contribution in [2.24, 2.45) is 4.99 Å². The maximum atomic E-state index is 13.3. The van der Waals surface area contributed by atoms with Crippen molar-refractivity contribution in [3.05, 3.63) is 82.7 Å². The Morgan fingerprint density at radius 2 is 1.76 bits per heavy atom. The average Bonchev–Trinajstić information content (AvgIpc) is 3.21. The predicted molar refractivity (Wildman–Crippen MR) is 141 cm³/mol. The van der Waals surface area contributed by atoms with E-state index in [1.165, 1.54) is 42.7 Å². The fourth-order valence-corrected chi connectivity index (χ4v) is 5.78. The van der Waals surface area contributed by atoms with Crippen LogP contribution in [0.15, 0.2) is 76.6 Å². The molecule has 1 amide bonds. The summed E-state index contributed by atoms with van der Waals surface area (Å²) in [5.74, 6) is -0.656. The van der Waals surface area contributed by atoms with Crippen LogP contribution >= 0.6 is 11.3 Å². The second-order valence-electron chi connectivity index (χ2n) is 7.96. The quantitative estimate of drug-likeness (QED) is 0.337. The molecular weight excluding hydrogens is 514 g/mol. The van der Waals surface area contributed by atoms with Gasteiger partial charge in [0.15, 0.2) is 4.80 Å². The number of hydrogen-bond acceptors (Lipinski definition) is 7. The third kappa shape index (κ3) is 5.73. The molecule has 1 heterocycles. The Morgan fingerprint density at radius 1 is 1.03 bits per heavy atom. The zero-order chi connectivity index (χ0) is 26.6. The zero-order valence-corrected chi connectivity index (χ0v) is 22.1. The minimum atomic E-state index is -3.94. The standard InChI is InChI=1S/C26H25N3O6S2/c1-4-35-23(30)16-29-24-21(34-3)10-7-11-22(24)36-26(29)27-25(31)19-8-5-6-9-20(19)28-37(32,33)18-14-12-17(2)13-15-18/h5-15,28H,4,16H2,1-3H3. The van der Waals surface area contributed by atoms with E-state index in [1.54, 1.807) is 47.9 Å². The van der Waals surface area contributed by atoms with Gasteiger partial charge in [0.05, 0.1) is 34.6 Å². The molecule has 4 rings (SSSR count). The molecule has 11 heteroatoms. The number of esters is 1. The number of carbonyl (C=O) groups is 2. The van der Waals surface area contributed by atoms with Crippen molar-refractivity contribution >= 4 is 49.1 Å². The number of anilines is 1. The number of methoxy groups -OCH3 is 1. The number of carbonyl (C=O) groups excluding carboxylic acids is 2. The van der Waals surface area contributed by atoms with Crippen LogP contribution in [0.5, 0.6) is 5.75 Å². The van der Waals surface area contributed by atoms with E-state index in [-0.39, 0.29) is 34.1 Å². The smallest absolute Gasteiger partial charge is 0.326 e. The summed E-state index contributed by atoms with van der Waals surface area (Å²) in [5, 5.41) is 0. The van der Waals surface area contributed by atoms with E-state index in [4.69, 9.17) is 9.47 Å². The van der Waals surface area contributed by atoms with Gasteiger partial charge in [-0.2, -0.15) is 4.99 Å². The molecular formula is C26H25N3O6S2. The highest BCUT2D eigenvalue weighted by Crippen LogP contribution is 2.28. The Balaban J connectivity index is 1.78. The number of hydrogen-bond donors (Lipinski definition) is 1. The molecule has 1 N–H and O–H groups in total. The highest BCUT2D eigenvalue weighted by molar-refractivity contribution is 7.92. The molecule has 0 radical (unpaired) electrons. The number of rotatable bonds is 8. The lowest BCUT2D eigenvalue weighted by atomic mass is 10.2. The summed E-state index contributed by atoms with van der Waals surface area (Å²) in [6.07, 6.45) is 0. The molecule has 3 aromatic carbocycles. The van der Waals surface area contributed by atoms with Gasteiger partial charge in [-0.05, 0) is 50.2 Å². The second kappa shape index (κ2) is 11.0. The van der Waals surface area contributed by atoms with Crippen molar-refractivity contribution in [2.45, 2.75) is 25.3 Å². The van der Waals surface area contributed by atoms with Gasteiger partial charge in [0.25, 0.3) is 15.9 Å². The molecule has 0 aliphatic rings. The fourth-order valence-electron chi connectivity index (χ4n) is 3.66. The van der Waals surface area contributed by atoms with Crippen LogP contribution < -0.4 is 14.3 Å². The Hall–Kier alpha value is -3.96. The van der Waals surface area contributed by atoms with E-state index in [2.05, 4.69) is 9.71 Å². The summed E-state index contributed by atoms with van der Waals surface area (Å²) in [4.78, 5) is 30.3. The zero-order valence-electron chi connectivity index (χ0n) is 20.4. The first-order valence-corrected chi connectivity index (χ1v) is 13.6. The van der Waals surface area contributed by atoms with Gasteiger partial charge in [-0.25, -0.2) is 8.42 Å². The lowest BCUT2D eigenvalue weighted by molar-refractivity contribution is -0.143. The number of aryl methyl sites for hydroxylation is 1. The third-order valence-electron chi connectivity index (χ3n) is 5.41. The minimum Gasteiger partial charge on any atom is -0.495 e. The van der Waals surface area contributed by atoms with Crippen molar-refractivity contribution in [2.75, 3.05) is 18.4 Å². The van der Waals surface area contributed by atoms with Crippen molar-refractivity contribution in [3.63, 3.8) is 0 Å². The first kappa shape index (κ1) is 26.1. The molecule has 0 fully saturated rings. The lowest BCUT2D eigenvalue weighted by Gasteiger charge is -2.11. The summed E-state index contributed by atoms with van der Waals surface area (Å²) in [6.45, 7) is 3.59. The Bertz CT molecular complexity index is 1640. The normalized spacial score (nSPS) is 11.9. The Morgan fingerprint density at radius 3 is 2.46 bits per heavy atom. The van der Waals surface area contributed by atoms with Crippen LogP contribution in [0.1, 0.15) is 22.8 Å².